The molecule has 1 aromatic rings. The normalized spacial score (nSPS) is 22.9. The molecule has 1 aliphatic heterocycles. The topological polar surface area (TPSA) is 66.8 Å². The number of carbonyl (C=O) groups excluding carboxylic acids is 1. The summed E-state index contributed by atoms with van der Waals surface area (Å²) in [6, 6.07) is 9.56. The third-order valence-electron chi connectivity index (χ3n) is 4.88. The summed E-state index contributed by atoms with van der Waals surface area (Å²) in [6.07, 6.45) is 2.86. The molecule has 5 nitrogen and oxygen atoms in total. The number of piperidine rings is 1. The van der Waals surface area contributed by atoms with Crippen molar-refractivity contribution in [1.82, 2.24) is 4.90 Å². The highest BCUT2D eigenvalue weighted by molar-refractivity contribution is 5.78. The molecule has 118 valence electrons. The predicted molar refractivity (Wildman–Crippen MR) is 80.2 cm³/mol. The molecule has 1 amide bonds. The Bertz CT molecular complexity index is 553. The average Bonchev–Trinajstić information content (AvgIpc) is 3.36. The zero-order chi connectivity index (χ0) is 15.6. The minimum absolute atomic E-state index is 0.0584. The Morgan fingerprint density at radius 2 is 2.00 bits per heavy atom. The Morgan fingerprint density at radius 1 is 1.27 bits per heavy atom. The molecule has 1 saturated heterocycles. The van der Waals surface area contributed by atoms with Crippen LogP contribution in [0.1, 0.15) is 31.2 Å². The van der Waals surface area contributed by atoms with E-state index < -0.39 is 11.4 Å². The van der Waals surface area contributed by atoms with Gasteiger partial charge in [-0.2, -0.15) is 0 Å². The highest BCUT2D eigenvalue weighted by atomic mass is 16.6. The molecule has 0 bridgehead atoms. The fourth-order valence-electron chi connectivity index (χ4n) is 3.34. The van der Waals surface area contributed by atoms with E-state index >= 15 is 0 Å². The molecule has 1 N–H and O–H groups in total. The standard InChI is InChI=1S/C17H21NO4/c19-15(20)17(8-9-17)14-7-4-10-18(11-14)16(21)22-12-13-5-2-1-3-6-13/h1-3,5-6,14H,4,7-12H2,(H,19,20). The summed E-state index contributed by atoms with van der Waals surface area (Å²) in [5, 5.41) is 9.40. The first kappa shape index (κ1) is 14.9. The van der Waals surface area contributed by atoms with Gasteiger partial charge < -0.3 is 14.7 Å². The largest absolute Gasteiger partial charge is 0.481 e. The number of hydrogen-bond donors (Lipinski definition) is 1. The summed E-state index contributed by atoms with van der Waals surface area (Å²) in [4.78, 5) is 25.3. The van der Waals surface area contributed by atoms with Gasteiger partial charge in [-0.05, 0) is 37.2 Å². The lowest BCUT2D eigenvalue weighted by molar-refractivity contribution is -0.146. The number of likely N-dealkylation sites (tertiary alicyclic amines) is 1. The van der Waals surface area contributed by atoms with Crippen molar-refractivity contribution in [1.29, 1.82) is 0 Å². The first-order chi connectivity index (χ1) is 10.6. The van der Waals surface area contributed by atoms with E-state index in [0.29, 0.717) is 13.1 Å². The number of hydrogen-bond acceptors (Lipinski definition) is 3. The molecule has 0 aromatic heterocycles. The van der Waals surface area contributed by atoms with E-state index in [1.807, 2.05) is 30.3 Å². The van der Waals surface area contributed by atoms with Gasteiger partial charge in [-0.3, -0.25) is 4.79 Å². The van der Waals surface area contributed by atoms with E-state index in [4.69, 9.17) is 4.74 Å². The Balaban J connectivity index is 1.55. The van der Waals surface area contributed by atoms with Gasteiger partial charge in [0.05, 0.1) is 5.41 Å². The molecule has 2 fully saturated rings. The van der Waals surface area contributed by atoms with Crippen molar-refractivity contribution in [2.45, 2.75) is 32.3 Å². The molecule has 22 heavy (non-hydrogen) atoms. The highest BCUT2D eigenvalue weighted by Gasteiger charge is 2.56. The van der Waals surface area contributed by atoms with Crippen LogP contribution in [0.2, 0.25) is 0 Å². The molecule has 1 aliphatic carbocycles. The maximum absolute atomic E-state index is 12.2. The number of nitrogens with zero attached hydrogens (tertiary/aromatic N) is 1. The monoisotopic (exact) mass is 303 g/mol. The number of amides is 1. The van der Waals surface area contributed by atoms with Crippen molar-refractivity contribution in [2.24, 2.45) is 11.3 Å². The van der Waals surface area contributed by atoms with Gasteiger partial charge in [0.1, 0.15) is 6.61 Å². The predicted octanol–water partition coefficient (Wildman–Crippen LogP) is 2.90. The second-order valence-corrected chi connectivity index (χ2v) is 6.29. The average molecular weight is 303 g/mol. The lowest BCUT2D eigenvalue weighted by atomic mass is 9.83. The maximum atomic E-state index is 12.2. The number of carboxylic acids is 1. The Hall–Kier alpha value is -2.04. The van der Waals surface area contributed by atoms with Crippen molar-refractivity contribution in [2.75, 3.05) is 13.1 Å². The summed E-state index contributed by atoms with van der Waals surface area (Å²) < 4.78 is 5.35. The van der Waals surface area contributed by atoms with Crippen molar-refractivity contribution in [3.8, 4) is 0 Å². The Labute approximate surface area is 129 Å². The van der Waals surface area contributed by atoms with Crippen LogP contribution in [0.25, 0.3) is 0 Å². The van der Waals surface area contributed by atoms with Crippen LogP contribution >= 0.6 is 0 Å². The Kier molecular flexibility index (Phi) is 4.05. The smallest absolute Gasteiger partial charge is 0.410 e. The van der Waals surface area contributed by atoms with Gasteiger partial charge >= 0.3 is 12.1 Å². The first-order valence-corrected chi connectivity index (χ1v) is 7.81. The van der Waals surface area contributed by atoms with Crippen molar-refractivity contribution in [3.05, 3.63) is 35.9 Å². The van der Waals surface area contributed by atoms with Gasteiger partial charge in [-0.15, -0.1) is 0 Å². The zero-order valence-corrected chi connectivity index (χ0v) is 12.5. The van der Waals surface area contributed by atoms with Crippen LogP contribution in [0.15, 0.2) is 30.3 Å². The quantitative estimate of drug-likeness (QED) is 0.928. The van der Waals surface area contributed by atoms with Crippen LogP contribution in [0.5, 0.6) is 0 Å². The van der Waals surface area contributed by atoms with Gasteiger partial charge in [-0.1, -0.05) is 30.3 Å². The third kappa shape index (κ3) is 2.93. The van der Waals surface area contributed by atoms with Gasteiger partial charge in [0, 0.05) is 13.1 Å². The molecule has 5 heteroatoms. The van der Waals surface area contributed by atoms with Gasteiger partial charge in [0.2, 0.25) is 0 Å². The molecule has 1 atom stereocenters. The third-order valence-corrected chi connectivity index (χ3v) is 4.88. The zero-order valence-electron chi connectivity index (χ0n) is 12.5. The SMILES string of the molecule is O=C(OCc1ccccc1)N1CCCC(C2(C(=O)O)CC2)C1. The lowest BCUT2D eigenvalue weighted by Crippen LogP contribution is -2.44. The molecular weight excluding hydrogens is 282 g/mol. The van der Waals surface area contributed by atoms with Crippen molar-refractivity contribution in [3.63, 3.8) is 0 Å². The van der Waals surface area contributed by atoms with Crippen LogP contribution in [0.3, 0.4) is 0 Å². The molecule has 1 aromatic carbocycles. The van der Waals surface area contributed by atoms with Crippen molar-refractivity contribution >= 4 is 12.1 Å². The van der Waals surface area contributed by atoms with E-state index in [1.54, 1.807) is 4.90 Å². The van der Waals surface area contributed by atoms with E-state index in [1.165, 1.54) is 0 Å². The number of carboxylic acid groups (broad SMARTS) is 1. The Morgan fingerprint density at radius 3 is 2.64 bits per heavy atom. The second-order valence-electron chi connectivity index (χ2n) is 6.29. The van der Waals surface area contributed by atoms with Crippen LogP contribution in [-0.4, -0.2) is 35.2 Å². The second kappa shape index (κ2) is 5.99. The van der Waals surface area contributed by atoms with Crippen LogP contribution in [-0.2, 0) is 16.1 Å². The van der Waals surface area contributed by atoms with Crippen LogP contribution < -0.4 is 0 Å². The number of carbonyl (C=O) groups is 2. The van der Waals surface area contributed by atoms with E-state index in [2.05, 4.69) is 0 Å². The summed E-state index contributed by atoms with van der Waals surface area (Å²) in [5.41, 5.74) is 0.367. The fraction of sp³-hybridized carbons (Fsp3) is 0.529. The molecule has 0 spiro atoms. The molecule has 1 heterocycles. The minimum Gasteiger partial charge on any atom is -0.481 e. The lowest BCUT2D eigenvalue weighted by Gasteiger charge is -2.35. The van der Waals surface area contributed by atoms with Gasteiger partial charge in [0.25, 0.3) is 0 Å². The minimum atomic E-state index is -0.711. The molecule has 2 aliphatic rings. The number of ether oxygens (including phenoxy) is 1. The van der Waals surface area contributed by atoms with Crippen molar-refractivity contribution < 1.29 is 19.4 Å². The summed E-state index contributed by atoms with van der Waals surface area (Å²) in [5.74, 6) is -0.653. The molecular formula is C17H21NO4. The van der Waals surface area contributed by atoms with Crippen LogP contribution in [0, 0.1) is 11.3 Å². The van der Waals surface area contributed by atoms with Gasteiger partial charge in [0.15, 0.2) is 0 Å². The summed E-state index contributed by atoms with van der Waals surface area (Å²) in [6.45, 7) is 1.41. The molecule has 0 radical (unpaired) electrons. The van der Waals surface area contributed by atoms with Gasteiger partial charge in [-0.25, -0.2) is 4.79 Å². The van der Waals surface area contributed by atoms with Crippen LogP contribution in [0.4, 0.5) is 4.79 Å². The number of aliphatic carboxylic acids is 1. The fourth-order valence-corrected chi connectivity index (χ4v) is 3.34. The molecule has 1 unspecified atom stereocenters. The number of rotatable bonds is 4. The summed E-state index contributed by atoms with van der Waals surface area (Å²) in [7, 11) is 0. The van der Waals surface area contributed by atoms with E-state index in [-0.39, 0.29) is 18.6 Å². The maximum Gasteiger partial charge on any atom is 0.410 e. The highest BCUT2D eigenvalue weighted by Crippen LogP contribution is 2.54. The van der Waals surface area contributed by atoms with E-state index in [0.717, 1.165) is 31.2 Å². The number of benzene rings is 1. The summed E-state index contributed by atoms with van der Waals surface area (Å²) >= 11 is 0. The van der Waals surface area contributed by atoms with E-state index in [9.17, 15) is 14.7 Å². The molecule has 1 saturated carbocycles. The first-order valence-electron chi connectivity index (χ1n) is 7.81. The molecule has 3 rings (SSSR count).